The van der Waals surface area contributed by atoms with Gasteiger partial charge in [0.2, 0.25) is 5.91 Å². The first kappa shape index (κ1) is 8.34. The molecule has 2 N–H and O–H groups in total. The molecular formula is C8H9N3O. The minimum atomic E-state index is -0.412. The van der Waals surface area contributed by atoms with Crippen molar-refractivity contribution in [3.05, 3.63) is 18.0 Å². The Hall–Kier alpha value is -1.76. The fourth-order valence-corrected chi connectivity index (χ4v) is 0.718. The van der Waals surface area contributed by atoms with Crippen molar-refractivity contribution in [2.45, 2.75) is 6.42 Å². The number of nitrogens with zero attached hydrogens (tertiary/aromatic N) is 2. The first-order chi connectivity index (χ1) is 5.70. The highest BCUT2D eigenvalue weighted by molar-refractivity contribution is 5.76. The van der Waals surface area contributed by atoms with Gasteiger partial charge < -0.3 is 5.73 Å². The van der Waals surface area contributed by atoms with Gasteiger partial charge in [-0.3, -0.25) is 9.48 Å². The molecule has 1 heterocycles. The van der Waals surface area contributed by atoms with Gasteiger partial charge >= 0.3 is 0 Å². The molecule has 0 aliphatic rings. The molecular weight excluding hydrogens is 154 g/mol. The quantitative estimate of drug-likeness (QED) is 0.575. The fraction of sp³-hybridized carbons (Fsp3) is 0.250. The Morgan fingerprint density at radius 1 is 1.83 bits per heavy atom. The van der Waals surface area contributed by atoms with Crippen LogP contribution >= 0.6 is 0 Å². The molecule has 4 heteroatoms. The van der Waals surface area contributed by atoms with Gasteiger partial charge in [-0.25, -0.2) is 0 Å². The molecule has 1 aromatic heterocycles. The molecule has 1 amide bonds. The van der Waals surface area contributed by atoms with Crippen LogP contribution in [0.1, 0.15) is 12.1 Å². The summed E-state index contributed by atoms with van der Waals surface area (Å²) in [5.41, 5.74) is 5.68. The smallest absolute Gasteiger partial charge is 0.229 e. The lowest BCUT2D eigenvalue weighted by atomic mass is 10.3. The molecule has 0 saturated carbocycles. The van der Waals surface area contributed by atoms with Crippen LogP contribution in [0, 0.1) is 11.8 Å². The summed E-state index contributed by atoms with van der Waals surface area (Å²) < 4.78 is 1.63. The average molecular weight is 163 g/mol. The lowest BCUT2D eigenvalue weighted by Gasteiger charge is -1.88. The van der Waals surface area contributed by atoms with Gasteiger partial charge in [0, 0.05) is 7.05 Å². The van der Waals surface area contributed by atoms with Gasteiger partial charge in [-0.15, -0.1) is 0 Å². The van der Waals surface area contributed by atoms with E-state index in [0.717, 1.165) is 5.69 Å². The number of nitrogens with two attached hydrogens (primary N) is 1. The summed E-state index contributed by atoms with van der Waals surface area (Å²) in [6.07, 6.45) is 1.74. The van der Waals surface area contributed by atoms with Crippen molar-refractivity contribution >= 4 is 5.91 Å². The minimum absolute atomic E-state index is 0.0885. The highest BCUT2D eigenvalue weighted by atomic mass is 16.1. The van der Waals surface area contributed by atoms with Crippen LogP contribution in [0.5, 0.6) is 0 Å². The molecule has 0 saturated heterocycles. The van der Waals surface area contributed by atoms with Gasteiger partial charge in [-0.1, -0.05) is 5.92 Å². The van der Waals surface area contributed by atoms with Crippen molar-refractivity contribution in [1.29, 1.82) is 0 Å². The minimum Gasteiger partial charge on any atom is -0.369 e. The average Bonchev–Trinajstić information content (AvgIpc) is 2.36. The van der Waals surface area contributed by atoms with Crippen molar-refractivity contribution in [2.24, 2.45) is 12.8 Å². The molecule has 4 nitrogen and oxygen atoms in total. The van der Waals surface area contributed by atoms with E-state index in [1.807, 2.05) is 0 Å². The highest BCUT2D eigenvalue weighted by Crippen LogP contribution is 1.91. The highest BCUT2D eigenvalue weighted by Gasteiger charge is 1.91. The molecule has 0 unspecified atom stereocenters. The molecule has 0 aliphatic carbocycles. The van der Waals surface area contributed by atoms with Crippen LogP contribution in [0.3, 0.4) is 0 Å². The number of aromatic nitrogens is 2. The molecule has 1 rings (SSSR count). The third kappa shape index (κ3) is 2.13. The van der Waals surface area contributed by atoms with Crippen LogP contribution in [0.15, 0.2) is 12.3 Å². The number of hydrogen-bond acceptors (Lipinski definition) is 2. The monoisotopic (exact) mass is 163 g/mol. The van der Waals surface area contributed by atoms with Crippen molar-refractivity contribution in [1.82, 2.24) is 9.78 Å². The summed E-state index contributed by atoms with van der Waals surface area (Å²) in [7, 11) is 1.79. The van der Waals surface area contributed by atoms with Crippen LogP contribution in [-0.4, -0.2) is 15.7 Å². The van der Waals surface area contributed by atoms with E-state index in [-0.39, 0.29) is 6.42 Å². The number of carbonyl (C=O) groups excluding carboxylic acids is 1. The maximum absolute atomic E-state index is 10.3. The van der Waals surface area contributed by atoms with E-state index >= 15 is 0 Å². The molecule has 0 aliphatic heterocycles. The molecule has 62 valence electrons. The van der Waals surface area contributed by atoms with Crippen molar-refractivity contribution in [3.63, 3.8) is 0 Å². The number of rotatable bonds is 1. The van der Waals surface area contributed by atoms with Gasteiger partial charge in [0.15, 0.2) is 0 Å². The summed E-state index contributed by atoms with van der Waals surface area (Å²) in [4.78, 5) is 10.3. The molecule has 0 spiro atoms. The molecule has 12 heavy (non-hydrogen) atoms. The number of primary amides is 1. The number of aryl methyl sites for hydroxylation is 1. The second-order valence-electron chi connectivity index (χ2n) is 2.28. The Balaban J connectivity index is 2.67. The Bertz CT molecular complexity index is 343. The van der Waals surface area contributed by atoms with Crippen molar-refractivity contribution in [2.75, 3.05) is 0 Å². The Labute approximate surface area is 70.4 Å². The van der Waals surface area contributed by atoms with Crippen LogP contribution < -0.4 is 5.73 Å². The third-order valence-electron chi connectivity index (χ3n) is 1.30. The maximum atomic E-state index is 10.3. The zero-order chi connectivity index (χ0) is 8.97. The predicted octanol–water partition coefficient (Wildman–Crippen LogP) is -0.353. The summed E-state index contributed by atoms with van der Waals surface area (Å²) in [5, 5.41) is 3.91. The summed E-state index contributed by atoms with van der Waals surface area (Å²) in [6, 6.07) is 1.77. The summed E-state index contributed by atoms with van der Waals surface area (Å²) in [6.45, 7) is 0. The number of hydrogen-bond donors (Lipinski definition) is 1. The molecule has 0 atom stereocenters. The molecule has 0 radical (unpaired) electrons. The largest absolute Gasteiger partial charge is 0.369 e. The lowest BCUT2D eigenvalue weighted by Crippen LogP contribution is -2.08. The first-order valence-corrected chi connectivity index (χ1v) is 3.45. The predicted molar refractivity (Wildman–Crippen MR) is 43.9 cm³/mol. The van der Waals surface area contributed by atoms with E-state index in [1.54, 1.807) is 24.0 Å². The summed E-state index contributed by atoms with van der Waals surface area (Å²) >= 11 is 0. The Morgan fingerprint density at radius 3 is 3.08 bits per heavy atom. The van der Waals surface area contributed by atoms with Crippen LogP contribution in [0.4, 0.5) is 0 Å². The van der Waals surface area contributed by atoms with E-state index in [4.69, 9.17) is 5.73 Å². The van der Waals surface area contributed by atoms with E-state index in [1.165, 1.54) is 0 Å². The van der Waals surface area contributed by atoms with E-state index < -0.39 is 5.91 Å². The van der Waals surface area contributed by atoms with Crippen molar-refractivity contribution in [3.8, 4) is 11.8 Å². The second kappa shape index (κ2) is 3.58. The zero-order valence-corrected chi connectivity index (χ0v) is 6.74. The van der Waals surface area contributed by atoms with Gasteiger partial charge in [-0.05, 0) is 12.0 Å². The van der Waals surface area contributed by atoms with E-state index in [0.29, 0.717) is 0 Å². The van der Waals surface area contributed by atoms with Crippen molar-refractivity contribution < 1.29 is 4.79 Å². The molecule has 1 aromatic rings. The second-order valence-corrected chi connectivity index (χ2v) is 2.28. The first-order valence-electron chi connectivity index (χ1n) is 3.45. The van der Waals surface area contributed by atoms with Gasteiger partial charge in [0.1, 0.15) is 5.69 Å². The van der Waals surface area contributed by atoms with Gasteiger partial charge in [-0.2, -0.15) is 5.10 Å². The standard InChI is InChI=1S/C8H9N3O/c1-11-7(5-6-10-11)3-2-4-8(9)12/h5-6H,4H2,1H3,(H2,9,12). The SMILES string of the molecule is Cn1nccc1C#CCC(N)=O. The normalized spacial score (nSPS) is 8.75. The van der Waals surface area contributed by atoms with E-state index in [2.05, 4.69) is 16.9 Å². The van der Waals surface area contributed by atoms with Crippen LogP contribution in [0.25, 0.3) is 0 Å². The molecule has 0 fully saturated rings. The fourth-order valence-electron chi connectivity index (χ4n) is 0.718. The van der Waals surface area contributed by atoms with Gasteiger partial charge in [0.05, 0.1) is 12.6 Å². The third-order valence-corrected chi connectivity index (χ3v) is 1.30. The topological polar surface area (TPSA) is 60.9 Å². The Morgan fingerprint density at radius 2 is 2.58 bits per heavy atom. The van der Waals surface area contributed by atoms with Gasteiger partial charge in [0.25, 0.3) is 0 Å². The maximum Gasteiger partial charge on any atom is 0.229 e. The Kier molecular flexibility index (Phi) is 2.49. The van der Waals surface area contributed by atoms with E-state index in [9.17, 15) is 4.79 Å². The number of carbonyl (C=O) groups is 1. The lowest BCUT2D eigenvalue weighted by molar-refractivity contribution is -0.117. The zero-order valence-electron chi connectivity index (χ0n) is 6.74. The van der Waals surface area contributed by atoms with Crippen LogP contribution in [-0.2, 0) is 11.8 Å². The summed E-state index contributed by atoms with van der Waals surface area (Å²) in [5.74, 6) is 5.00. The number of amides is 1. The molecule has 0 bridgehead atoms. The van der Waals surface area contributed by atoms with Crippen LogP contribution in [0.2, 0.25) is 0 Å². The molecule has 0 aromatic carbocycles.